The number of amides is 1. The van der Waals surface area contributed by atoms with E-state index in [0.29, 0.717) is 17.0 Å². The van der Waals surface area contributed by atoms with Gasteiger partial charge in [-0.1, -0.05) is 0 Å². The average molecular weight is 309 g/mol. The van der Waals surface area contributed by atoms with E-state index in [1.807, 2.05) is 13.0 Å². The molecule has 0 fully saturated rings. The van der Waals surface area contributed by atoms with Crippen LogP contribution in [0, 0.1) is 0 Å². The van der Waals surface area contributed by atoms with Gasteiger partial charge >= 0.3 is 0 Å². The van der Waals surface area contributed by atoms with Crippen LogP contribution >= 0.6 is 15.9 Å². The summed E-state index contributed by atoms with van der Waals surface area (Å²) in [6.45, 7) is 1.86. The molecule has 1 aromatic heterocycles. The van der Waals surface area contributed by atoms with Gasteiger partial charge < -0.3 is 15.5 Å². The lowest BCUT2D eigenvalue weighted by Crippen LogP contribution is -2.26. The number of benzene rings is 1. The number of carbonyl (C=O) groups is 1. The van der Waals surface area contributed by atoms with Crippen molar-refractivity contribution in [3.8, 4) is 0 Å². The Hall–Kier alpha value is -1.75. The summed E-state index contributed by atoms with van der Waals surface area (Å²) in [6, 6.07) is 8.52. The molecule has 0 spiro atoms. The summed E-state index contributed by atoms with van der Waals surface area (Å²) in [5.41, 5.74) is 6.80. The Morgan fingerprint density at radius 1 is 1.44 bits per heavy atom. The molecule has 1 unspecified atom stereocenters. The Balaban J connectivity index is 2.10. The minimum Gasteiger partial charge on any atom is -0.467 e. The molecule has 0 saturated heterocycles. The zero-order valence-electron chi connectivity index (χ0n) is 9.81. The van der Waals surface area contributed by atoms with Crippen molar-refractivity contribution >= 4 is 27.5 Å². The second-order valence-corrected chi connectivity index (χ2v) is 4.80. The molecule has 3 N–H and O–H groups in total. The first kappa shape index (κ1) is 12.7. The van der Waals surface area contributed by atoms with Crippen LogP contribution in [0.5, 0.6) is 0 Å². The molecule has 0 saturated carbocycles. The van der Waals surface area contributed by atoms with Crippen molar-refractivity contribution in [3.05, 3.63) is 52.4 Å². The molecular formula is C13H13BrN2O2. The molecule has 18 heavy (non-hydrogen) atoms. The Kier molecular flexibility index (Phi) is 3.72. The molecule has 1 amide bonds. The van der Waals surface area contributed by atoms with Crippen LogP contribution in [0.4, 0.5) is 5.69 Å². The minimum absolute atomic E-state index is 0.182. The van der Waals surface area contributed by atoms with Crippen LogP contribution in [0.3, 0.4) is 0 Å². The summed E-state index contributed by atoms with van der Waals surface area (Å²) in [5, 5.41) is 2.84. The van der Waals surface area contributed by atoms with Gasteiger partial charge in [0.05, 0.1) is 12.3 Å². The van der Waals surface area contributed by atoms with E-state index >= 15 is 0 Å². The van der Waals surface area contributed by atoms with Crippen molar-refractivity contribution in [1.82, 2.24) is 5.32 Å². The first-order valence-electron chi connectivity index (χ1n) is 5.47. The lowest BCUT2D eigenvalue weighted by Gasteiger charge is -2.11. The lowest BCUT2D eigenvalue weighted by atomic mass is 10.1. The Morgan fingerprint density at radius 2 is 2.22 bits per heavy atom. The number of rotatable bonds is 3. The van der Waals surface area contributed by atoms with Gasteiger partial charge in [-0.05, 0) is 53.2 Å². The quantitative estimate of drug-likeness (QED) is 0.856. The fourth-order valence-corrected chi connectivity index (χ4v) is 1.82. The van der Waals surface area contributed by atoms with Crippen molar-refractivity contribution in [2.75, 3.05) is 5.73 Å². The monoisotopic (exact) mass is 308 g/mol. The van der Waals surface area contributed by atoms with Crippen LogP contribution in [0.25, 0.3) is 0 Å². The molecule has 2 aromatic rings. The molecule has 2 rings (SSSR count). The molecule has 1 heterocycles. The van der Waals surface area contributed by atoms with Gasteiger partial charge in [0.15, 0.2) is 0 Å². The van der Waals surface area contributed by atoms with Gasteiger partial charge in [0.1, 0.15) is 5.76 Å². The average Bonchev–Trinajstić information content (AvgIpc) is 2.86. The molecule has 1 atom stereocenters. The lowest BCUT2D eigenvalue weighted by molar-refractivity contribution is 0.0935. The number of nitrogens with two attached hydrogens (primary N) is 1. The summed E-state index contributed by atoms with van der Waals surface area (Å²) in [6.07, 6.45) is 1.58. The summed E-state index contributed by atoms with van der Waals surface area (Å²) < 4.78 is 6.00. The van der Waals surface area contributed by atoms with E-state index in [0.717, 1.165) is 4.47 Å². The highest BCUT2D eigenvalue weighted by Gasteiger charge is 2.13. The summed E-state index contributed by atoms with van der Waals surface area (Å²) in [7, 11) is 0. The molecule has 0 bridgehead atoms. The van der Waals surface area contributed by atoms with Crippen molar-refractivity contribution in [1.29, 1.82) is 0 Å². The maximum atomic E-state index is 12.0. The Labute approximate surface area is 113 Å². The SMILES string of the molecule is CC(NC(=O)c1ccc(Br)c(N)c1)c1ccco1. The zero-order chi connectivity index (χ0) is 13.1. The highest BCUT2D eigenvalue weighted by Crippen LogP contribution is 2.21. The first-order valence-corrected chi connectivity index (χ1v) is 6.26. The number of carbonyl (C=O) groups excluding carboxylic acids is 1. The van der Waals surface area contributed by atoms with Crippen molar-refractivity contribution in [3.63, 3.8) is 0 Å². The third-order valence-electron chi connectivity index (χ3n) is 2.58. The summed E-state index contributed by atoms with van der Waals surface area (Å²) in [5.74, 6) is 0.534. The van der Waals surface area contributed by atoms with Crippen LogP contribution in [0.15, 0.2) is 45.5 Å². The fourth-order valence-electron chi connectivity index (χ4n) is 1.57. The Bertz CT molecular complexity index is 552. The molecule has 1 aromatic carbocycles. The number of hydrogen-bond acceptors (Lipinski definition) is 3. The minimum atomic E-state index is -0.183. The van der Waals surface area contributed by atoms with Crippen LogP contribution in [0.1, 0.15) is 29.1 Å². The van der Waals surface area contributed by atoms with E-state index in [1.54, 1.807) is 30.5 Å². The maximum Gasteiger partial charge on any atom is 0.251 e. The third kappa shape index (κ3) is 2.73. The smallest absolute Gasteiger partial charge is 0.251 e. The number of halogens is 1. The van der Waals surface area contributed by atoms with Gasteiger partial charge in [-0.15, -0.1) is 0 Å². The maximum absolute atomic E-state index is 12.0. The van der Waals surface area contributed by atoms with Crippen molar-refractivity contribution in [2.24, 2.45) is 0 Å². The highest BCUT2D eigenvalue weighted by atomic mass is 79.9. The van der Waals surface area contributed by atoms with Crippen LogP contribution in [-0.4, -0.2) is 5.91 Å². The van der Waals surface area contributed by atoms with Gasteiger partial charge in [-0.25, -0.2) is 0 Å². The molecule has 0 radical (unpaired) electrons. The standard InChI is InChI=1S/C13H13BrN2O2/c1-8(12-3-2-6-18-12)16-13(17)9-4-5-10(14)11(15)7-9/h2-8H,15H2,1H3,(H,16,17). The summed E-state index contributed by atoms with van der Waals surface area (Å²) in [4.78, 5) is 12.0. The molecule has 0 aliphatic carbocycles. The van der Waals surface area contributed by atoms with E-state index < -0.39 is 0 Å². The van der Waals surface area contributed by atoms with Crippen molar-refractivity contribution in [2.45, 2.75) is 13.0 Å². The molecule has 0 aliphatic rings. The second kappa shape index (κ2) is 5.27. The van der Waals surface area contributed by atoms with E-state index in [4.69, 9.17) is 10.2 Å². The van der Waals surface area contributed by atoms with Crippen LogP contribution in [0.2, 0.25) is 0 Å². The van der Waals surface area contributed by atoms with E-state index in [9.17, 15) is 4.79 Å². The summed E-state index contributed by atoms with van der Waals surface area (Å²) >= 11 is 3.29. The highest BCUT2D eigenvalue weighted by molar-refractivity contribution is 9.10. The molecule has 4 nitrogen and oxygen atoms in total. The van der Waals surface area contributed by atoms with E-state index in [1.165, 1.54) is 0 Å². The second-order valence-electron chi connectivity index (χ2n) is 3.95. The topological polar surface area (TPSA) is 68.3 Å². The molecular weight excluding hydrogens is 296 g/mol. The normalized spacial score (nSPS) is 12.1. The number of nitrogens with one attached hydrogen (secondary N) is 1. The van der Waals surface area contributed by atoms with Crippen LogP contribution in [-0.2, 0) is 0 Å². The largest absolute Gasteiger partial charge is 0.467 e. The van der Waals surface area contributed by atoms with Gasteiger partial charge in [0.2, 0.25) is 0 Å². The first-order chi connectivity index (χ1) is 8.58. The van der Waals surface area contributed by atoms with Crippen LogP contribution < -0.4 is 11.1 Å². The van der Waals surface area contributed by atoms with Gasteiger partial charge in [-0.3, -0.25) is 4.79 Å². The predicted octanol–water partition coefficient (Wildman–Crippen LogP) is 3.12. The number of anilines is 1. The molecule has 94 valence electrons. The third-order valence-corrected chi connectivity index (χ3v) is 3.30. The fraction of sp³-hybridized carbons (Fsp3) is 0.154. The zero-order valence-corrected chi connectivity index (χ0v) is 11.4. The van der Waals surface area contributed by atoms with Gasteiger partial charge in [0, 0.05) is 15.7 Å². The van der Waals surface area contributed by atoms with Gasteiger partial charge in [0.25, 0.3) is 5.91 Å². The number of furan rings is 1. The van der Waals surface area contributed by atoms with E-state index in [2.05, 4.69) is 21.2 Å². The Morgan fingerprint density at radius 3 is 2.83 bits per heavy atom. The van der Waals surface area contributed by atoms with Gasteiger partial charge in [-0.2, -0.15) is 0 Å². The predicted molar refractivity (Wildman–Crippen MR) is 73.1 cm³/mol. The number of hydrogen-bond donors (Lipinski definition) is 2. The molecule has 5 heteroatoms. The number of nitrogen functional groups attached to an aromatic ring is 1. The molecule has 0 aliphatic heterocycles. The van der Waals surface area contributed by atoms with E-state index in [-0.39, 0.29) is 11.9 Å². The van der Waals surface area contributed by atoms with Crippen molar-refractivity contribution < 1.29 is 9.21 Å².